The topological polar surface area (TPSA) is 114 Å². The molecule has 3 rings (SSSR count). The number of nitrogens with one attached hydrogen (secondary N) is 1. The van der Waals surface area contributed by atoms with E-state index in [0.717, 1.165) is 18.4 Å². The van der Waals surface area contributed by atoms with Gasteiger partial charge < -0.3 is 16.3 Å². The Morgan fingerprint density at radius 1 is 1.16 bits per heavy atom. The van der Waals surface area contributed by atoms with Crippen LogP contribution in [0.25, 0.3) is 10.9 Å². The summed E-state index contributed by atoms with van der Waals surface area (Å²) in [6.07, 6.45) is 7.67. The van der Waals surface area contributed by atoms with E-state index in [1.807, 2.05) is 30.5 Å². The maximum Gasteiger partial charge on any atom is 0.356 e. The number of rotatable bonds is 4. The highest BCUT2D eigenvalue weighted by Gasteiger charge is 2.18. The summed E-state index contributed by atoms with van der Waals surface area (Å²) in [5, 5.41) is 10.7. The third-order valence-corrected chi connectivity index (χ3v) is 5.23. The van der Waals surface area contributed by atoms with Crippen LogP contribution in [0, 0.1) is 0 Å². The Balaban J connectivity index is 0.000000194. The molecule has 1 fully saturated rings. The number of hydrazine groups is 1. The van der Waals surface area contributed by atoms with E-state index in [1.54, 1.807) is 0 Å². The number of aromatic nitrogens is 1. The quantitative estimate of drug-likeness (QED) is 0.376. The number of nitrogens with zero attached hydrogens (tertiary/aromatic N) is 1. The second-order valence-corrected chi connectivity index (χ2v) is 7.10. The van der Waals surface area contributed by atoms with Gasteiger partial charge in [-0.15, -0.1) is 11.8 Å². The maximum atomic E-state index is 10.7. The molecular weight excluding hydrogens is 336 g/mol. The lowest BCUT2D eigenvalue weighted by Gasteiger charge is -2.21. The van der Waals surface area contributed by atoms with Gasteiger partial charge >= 0.3 is 5.97 Å². The van der Waals surface area contributed by atoms with E-state index >= 15 is 0 Å². The number of pyridine rings is 1. The number of nitrogens with two attached hydrogens (primary N) is 2. The fourth-order valence-corrected chi connectivity index (χ4v) is 3.87. The molecule has 0 amide bonds. The van der Waals surface area contributed by atoms with Gasteiger partial charge in [0.25, 0.3) is 0 Å². The summed E-state index contributed by atoms with van der Waals surface area (Å²) in [6.45, 7) is 0. The average Bonchev–Trinajstić information content (AvgIpc) is 2.63. The molecule has 0 saturated heterocycles. The predicted molar refractivity (Wildman–Crippen MR) is 102 cm³/mol. The van der Waals surface area contributed by atoms with Gasteiger partial charge in [-0.3, -0.25) is 10.8 Å². The number of hydrogen-bond donors (Lipinski definition) is 4. The zero-order valence-corrected chi connectivity index (χ0v) is 14.8. The van der Waals surface area contributed by atoms with Crippen molar-refractivity contribution in [2.75, 3.05) is 0 Å². The van der Waals surface area contributed by atoms with Crippen molar-refractivity contribution in [3.8, 4) is 0 Å². The lowest BCUT2D eigenvalue weighted by molar-refractivity contribution is -0.133. The van der Waals surface area contributed by atoms with Crippen molar-refractivity contribution in [1.82, 2.24) is 10.4 Å². The minimum atomic E-state index is -1.11. The molecule has 1 aromatic heterocycles. The van der Waals surface area contributed by atoms with Crippen molar-refractivity contribution in [1.29, 1.82) is 0 Å². The van der Waals surface area contributed by atoms with Crippen LogP contribution >= 0.6 is 11.8 Å². The lowest BCUT2D eigenvalue weighted by Crippen LogP contribution is -2.30. The van der Waals surface area contributed by atoms with E-state index in [1.165, 1.54) is 36.4 Å². The molecule has 134 valence electrons. The molecule has 6 nitrogen and oxygen atoms in total. The minimum Gasteiger partial charge on any atom is -0.476 e. The van der Waals surface area contributed by atoms with Crippen LogP contribution < -0.4 is 17.0 Å². The molecule has 1 aliphatic carbocycles. The van der Waals surface area contributed by atoms with Crippen LogP contribution in [0.15, 0.2) is 53.3 Å². The number of benzene rings is 1. The van der Waals surface area contributed by atoms with Gasteiger partial charge in [-0.1, -0.05) is 43.5 Å². The van der Waals surface area contributed by atoms with E-state index in [-0.39, 0.29) is 10.7 Å². The number of carboxylic acid groups (broad SMARTS) is 1. The summed E-state index contributed by atoms with van der Waals surface area (Å²) in [7, 11) is 0. The smallest absolute Gasteiger partial charge is 0.356 e. The molecule has 7 heteroatoms. The Kier molecular flexibility index (Phi) is 7.56. The van der Waals surface area contributed by atoms with Crippen LogP contribution in [0.4, 0.5) is 0 Å². The van der Waals surface area contributed by atoms with Crippen LogP contribution in [-0.2, 0) is 4.79 Å². The molecule has 25 heavy (non-hydrogen) atoms. The Labute approximate surface area is 151 Å². The zero-order valence-electron chi connectivity index (χ0n) is 14.0. The number of para-hydroxylation sites is 1. The number of aliphatic carboxylic acids is 1. The molecule has 1 aromatic carbocycles. The minimum absolute atomic E-state index is 0.106. The summed E-state index contributed by atoms with van der Waals surface area (Å²) < 4.78 is 0. The van der Waals surface area contributed by atoms with Crippen LogP contribution in [0.1, 0.15) is 32.1 Å². The number of hydrogen-bond acceptors (Lipinski definition) is 6. The van der Waals surface area contributed by atoms with Crippen molar-refractivity contribution >= 4 is 28.6 Å². The van der Waals surface area contributed by atoms with Gasteiger partial charge in [0.05, 0.1) is 10.5 Å². The largest absolute Gasteiger partial charge is 0.476 e. The second-order valence-electron chi connectivity index (χ2n) is 5.76. The Bertz CT molecular complexity index is 664. The summed E-state index contributed by atoms with van der Waals surface area (Å²) >= 11 is 1.42. The molecule has 0 atom stereocenters. The molecule has 0 radical (unpaired) electrons. The summed E-state index contributed by atoms with van der Waals surface area (Å²) in [5.41, 5.74) is 8.76. The molecule has 6 N–H and O–H groups in total. The first-order valence-electron chi connectivity index (χ1n) is 8.28. The number of thioether (sulfide) groups is 1. The summed E-state index contributed by atoms with van der Waals surface area (Å²) in [5.74, 6) is 3.99. The van der Waals surface area contributed by atoms with Crippen LogP contribution in [-0.4, -0.2) is 21.3 Å². The molecule has 1 aliphatic rings. The number of fused-ring (bicyclic) bond motifs is 1. The van der Waals surface area contributed by atoms with E-state index < -0.39 is 5.97 Å². The fourth-order valence-electron chi connectivity index (χ4n) is 2.68. The SMILES string of the molecule is NN/C(C(=O)O)=C(\N)SC1CCCCC1.c1ccc2ncccc2c1. The van der Waals surface area contributed by atoms with Gasteiger partial charge in [-0.2, -0.15) is 0 Å². The molecule has 2 aromatic rings. The van der Waals surface area contributed by atoms with E-state index in [2.05, 4.69) is 22.5 Å². The lowest BCUT2D eigenvalue weighted by atomic mass is 10.0. The van der Waals surface area contributed by atoms with Crippen molar-refractivity contribution in [3.63, 3.8) is 0 Å². The predicted octanol–water partition coefficient (Wildman–Crippen LogP) is 2.96. The third-order valence-electron chi connectivity index (χ3n) is 3.96. The monoisotopic (exact) mass is 360 g/mol. The molecule has 0 aliphatic heterocycles. The highest BCUT2D eigenvalue weighted by molar-refractivity contribution is 8.03. The number of carboxylic acids is 1. The van der Waals surface area contributed by atoms with Crippen molar-refractivity contribution in [2.24, 2.45) is 11.6 Å². The maximum absolute atomic E-state index is 10.7. The molecular formula is C18H24N4O2S. The first kappa shape index (κ1) is 19.1. The molecule has 0 bridgehead atoms. The first-order valence-corrected chi connectivity index (χ1v) is 9.16. The number of carbonyl (C=O) groups is 1. The van der Waals surface area contributed by atoms with Gasteiger partial charge in [0.15, 0.2) is 5.70 Å². The van der Waals surface area contributed by atoms with E-state index in [4.69, 9.17) is 16.7 Å². The fraction of sp³-hybridized carbons (Fsp3) is 0.333. The van der Waals surface area contributed by atoms with Crippen molar-refractivity contribution in [2.45, 2.75) is 37.4 Å². The van der Waals surface area contributed by atoms with Gasteiger partial charge in [-0.05, 0) is 25.0 Å². The van der Waals surface area contributed by atoms with E-state index in [9.17, 15) is 4.79 Å². The Morgan fingerprint density at radius 3 is 2.48 bits per heavy atom. The Hall–Kier alpha value is -2.25. The summed E-state index contributed by atoms with van der Waals surface area (Å²) in [6, 6.07) is 12.1. The van der Waals surface area contributed by atoms with Gasteiger partial charge in [0.2, 0.25) is 0 Å². The standard InChI is InChI=1S/C9H17N3O2S.C9H7N/c10-8(7(12-11)9(13)14)15-6-4-2-1-3-5-6;1-2-6-9-8(4-1)5-3-7-10-9/h6,12H,1-5,10-11H2,(H,13,14);1-7H/b8-7+;. The van der Waals surface area contributed by atoms with Gasteiger partial charge in [-0.25, -0.2) is 4.79 Å². The normalized spacial score (nSPS) is 15.7. The molecule has 0 spiro atoms. The van der Waals surface area contributed by atoms with Crippen LogP contribution in [0.5, 0.6) is 0 Å². The van der Waals surface area contributed by atoms with Crippen molar-refractivity contribution < 1.29 is 9.90 Å². The molecule has 1 saturated carbocycles. The van der Waals surface area contributed by atoms with Crippen LogP contribution in [0.3, 0.4) is 0 Å². The first-order chi connectivity index (χ1) is 12.1. The van der Waals surface area contributed by atoms with Crippen molar-refractivity contribution in [3.05, 3.63) is 53.3 Å². The van der Waals surface area contributed by atoms with Gasteiger partial charge in [0.1, 0.15) is 0 Å². The van der Waals surface area contributed by atoms with Crippen LogP contribution in [0.2, 0.25) is 0 Å². The average molecular weight is 360 g/mol. The Morgan fingerprint density at radius 2 is 1.84 bits per heavy atom. The third kappa shape index (κ3) is 5.95. The highest BCUT2D eigenvalue weighted by Crippen LogP contribution is 2.31. The van der Waals surface area contributed by atoms with E-state index in [0.29, 0.717) is 5.25 Å². The zero-order chi connectivity index (χ0) is 18.1. The van der Waals surface area contributed by atoms with Gasteiger partial charge in [0, 0.05) is 16.8 Å². The molecule has 1 heterocycles. The summed E-state index contributed by atoms with van der Waals surface area (Å²) in [4.78, 5) is 14.9. The second kappa shape index (κ2) is 9.90. The molecule has 0 unspecified atom stereocenters. The highest BCUT2D eigenvalue weighted by atomic mass is 32.2.